The van der Waals surface area contributed by atoms with Crippen LogP contribution in [-0.2, 0) is 16.0 Å². The number of hydrogen-bond acceptors (Lipinski definition) is 7. The second-order valence-corrected chi connectivity index (χ2v) is 10.9. The molecule has 1 fully saturated rings. The van der Waals surface area contributed by atoms with Crippen molar-refractivity contribution in [2.45, 2.75) is 25.5 Å². The quantitative estimate of drug-likeness (QED) is 0.181. The summed E-state index contributed by atoms with van der Waals surface area (Å²) in [6, 6.07) is 17.3. The maximum Gasteiger partial charge on any atom is 0.301 e. The number of rotatable bonds is 4. The molecule has 2 unspecified atom stereocenters. The van der Waals surface area contributed by atoms with Gasteiger partial charge >= 0.3 is 5.91 Å². The third-order valence-electron chi connectivity index (χ3n) is 6.57. The van der Waals surface area contributed by atoms with Crippen molar-refractivity contribution in [2.24, 2.45) is 0 Å². The molecule has 1 aromatic heterocycles. The van der Waals surface area contributed by atoms with Crippen LogP contribution in [0, 0.1) is 0 Å². The molecule has 0 bridgehead atoms. The van der Waals surface area contributed by atoms with E-state index in [1.807, 2.05) is 49.4 Å². The highest BCUT2D eigenvalue weighted by atomic mass is 79.9. The highest BCUT2D eigenvalue weighted by Crippen LogP contribution is 2.45. The number of benzene rings is 3. The third kappa shape index (κ3) is 3.98. The van der Waals surface area contributed by atoms with E-state index in [1.54, 1.807) is 25.3 Å². The number of hydrogen-bond donors (Lipinski definition) is 1. The van der Waals surface area contributed by atoms with Gasteiger partial charge in [0.25, 0.3) is 5.78 Å². The molecule has 3 aromatic carbocycles. The summed E-state index contributed by atoms with van der Waals surface area (Å²) in [4.78, 5) is 33.0. The lowest BCUT2D eigenvalue weighted by atomic mass is 9.94. The number of carbonyl (C=O) groups is 2. The lowest BCUT2D eigenvalue weighted by Crippen LogP contribution is -2.29. The van der Waals surface area contributed by atoms with Gasteiger partial charge in [-0.3, -0.25) is 14.5 Å². The Morgan fingerprint density at radius 1 is 1.16 bits per heavy atom. The zero-order valence-electron chi connectivity index (χ0n) is 19.9. The normalized spacial score (nSPS) is 20.4. The van der Waals surface area contributed by atoms with Crippen molar-refractivity contribution < 1.29 is 24.2 Å². The zero-order valence-corrected chi connectivity index (χ0v) is 22.3. The van der Waals surface area contributed by atoms with Gasteiger partial charge in [0.05, 0.1) is 28.9 Å². The highest BCUT2D eigenvalue weighted by molar-refractivity contribution is 9.10. The molecule has 9 heteroatoms. The van der Waals surface area contributed by atoms with Gasteiger partial charge in [0, 0.05) is 16.5 Å². The zero-order chi connectivity index (χ0) is 25.8. The maximum absolute atomic E-state index is 13.5. The van der Waals surface area contributed by atoms with E-state index in [9.17, 15) is 14.7 Å². The summed E-state index contributed by atoms with van der Waals surface area (Å²) in [5.41, 5.74) is 2.79. The Balaban J connectivity index is 1.53. The number of fused-ring (bicyclic) bond motifs is 2. The summed E-state index contributed by atoms with van der Waals surface area (Å²) in [6.45, 7) is 1.98. The number of aliphatic hydroxyl groups is 1. The molecule has 3 heterocycles. The molecular weight excluding hydrogens is 556 g/mol. The molecule has 1 amide bonds. The molecule has 7 nitrogen and oxygen atoms in total. The highest BCUT2D eigenvalue weighted by Gasteiger charge is 2.48. The molecule has 0 aliphatic carbocycles. The number of aliphatic hydroxyl groups excluding tert-OH is 1. The second kappa shape index (κ2) is 9.00. The van der Waals surface area contributed by atoms with Gasteiger partial charge in [0.1, 0.15) is 23.4 Å². The molecule has 37 heavy (non-hydrogen) atoms. The van der Waals surface area contributed by atoms with Crippen LogP contribution in [0.2, 0.25) is 0 Å². The molecular formula is C28H21BrN2O5S. The Bertz CT molecular complexity index is 1630. The van der Waals surface area contributed by atoms with Crippen LogP contribution in [0.25, 0.3) is 16.0 Å². The summed E-state index contributed by atoms with van der Waals surface area (Å²) in [5.74, 6) is -0.294. The van der Waals surface area contributed by atoms with Gasteiger partial charge in [0.15, 0.2) is 5.13 Å². The van der Waals surface area contributed by atoms with Crippen LogP contribution >= 0.6 is 27.3 Å². The SMILES string of the molecule is COc1ccc2nc(N3C(=O)C(=O)/C(=C(\O)c4ccc5c(c4)CC(C)O5)C3c3cccc(Br)c3)sc2c1. The molecule has 1 N–H and O–H groups in total. The van der Waals surface area contributed by atoms with Crippen LogP contribution in [0.5, 0.6) is 11.5 Å². The van der Waals surface area contributed by atoms with Gasteiger partial charge in [-0.1, -0.05) is 39.4 Å². The molecule has 2 aliphatic heterocycles. The molecule has 0 saturated carbocycles. The third-order valence-corrected chi connectivity index (χ3v) is 8.08. The van der Waals surface area contributed by atoms with Crippen LogP contribution in [0.15, 0.2) is 70.7 Å². The molecule has 0 spiro atoms. The maximum atomic E-state index is 13.5. The number of halogens is 1. The van der Waals surface area contributed by atoms with Gasteiger partial charge in [-0.2, -0.15) is 0 Å². The first-order valence-electron chi connectivity index (χ1n) is 11.6. The van der Waals surface area contributed by atoms with Crippen molar-refractivity contribution in [1.82, 2.24) is 4.98 Å². The van der Waals surface area contributed by atoms with Crippen LogP contribution in [-0.4, -0.2) is 35.0 Å². The first-order valence-corrected chi connectivity index (χ1v) is 13.3. The fourth-order valence-corrected chi connectivity index (χ4v) is 6.31. The van der Waals surface area contributed by atoms with Crippen LogP contribution in [0.4, 0.5) is 5.13 Å². The van der Waals surface area contributed by atoms with E-state index in [-0.39, 0.29) is 17.4 Å². The van der Waals surface area contributed by atoms with E-state index in [1.165, 1.54) is 16.2 Å². The standard InChI is InChI=1S/C28H21BrN2O5S/c1-14-10-17-11-16(6-9-21(17)36-14)25(32)23-24(15-4-3-5-18(29)12-15)31(27(34)26(23)33)28-30-20-8-7-19(35-2)13-22(20)37-28/h3-9,11-14,24,32H,10H2,1-2H3/b25-23-. The van der Waals surface area contributed by atoms with Crippen molar-refractivity contribution in [3.05, 3.63) is 87.4 Å². The summed E-state index contributed by atoms with van der Waals surface area (Å²) >= 11 is 4.78. The Kier molecular flexibility index (Phi) is 5.77. The first kappa shape index (κ1) is 23.7. The van der Waals surface area contributed by atoms with E-state index in [4.69, 9.17) is 9.47 Å². The number of Topliss-reactive ketones (excluding diaryl/α,β-unsaturated/α-hetero) is 1. The molecule has 1 saturated heterocycles. The number of carbonyl (C=O) groups excluding carboxylic acids is 2. The summed E-state index contributed by atoms with van der Waals surface area (Å²) in [5, 5.41) is 11.8. The van der Waals surface area contributed by atoms with Gasteiger partial charge in [-0.25, -0.2) is 4.98 Å². The van der Waals surface area contributed by atoms with Crippen molar-refractivity contribution in [3.63, 3.8) is 0 Å². The Hall–Kier alpha value is -3.69. The Morgan fingerprint density at radius 3 is 2.78 bits per heavy atom. The number of nitrogens with zero attached hydrogens (tertiary/aromatic N) is 2. The first-order chi connectivity index (χ1) is 17.8. The summed E-state index contributed by atoms with van der Waals surface area (Å²) < 4.78 is 12.7. The number of ketones is 1. The smallest absolute Gasteiger partial charge is 0.301 e. The minimum atomic E-state index is -0.858. The van der Waals surface area contributed by atoms with Crippen molar-refractivity contribution in [3.8, 4) is 11.5 Å². The summed E-state index contributed by atoms with van der Waals surface area (Å²) in [6.07, 6.45) is 0.743. The molecule has 2 aliphatic rings. The molecule has 186 valence electrons. The van der Waals surface area contributed by atoms with Gasteiger partial charge < -0.3 is 14.6 Å². The Morgan fingerprint density at radius 2 is 2.00 bits per heavy atom. The fourth-order valence-electron chi connectivity index (χ4n) is 4.87. The van der Waals surface area contributed by atoms with Gasteiger partial charge in [0.2, 0.25) is 0 Å². The number of amides is 1. The predicted octanol–water partition coefficient (Wildman–Crippen LogP) is 6.02. The van der Waals surface area contributed by atoms with E-state index in [2.05, 4.69) is 20.9 Å². The number of aromatic nitrogens is 1. The molecule has 2 atom stereocenters. The Labute approximate surface area is 225 Å². The number of methoxy groups -OCH3 is 1. The largest absolute Gasteiger partial charge is 0.507 e. The van der Waals surface area contributed by atoms with Crippen molar-refractivity contribution in [2.75, 3.05) is 12.0 Å². The van der Waals surface area contributed by atoms with E-state index in [0.717, 1.165) is 20.5 Å². The lowest BCUT2D eigenvalue weighted by Gasteiger charge is -2.23. The average molecular weight is 577 g/mol. The number of anilines is 1. The van der Waals surface area contributed by atoms with Crippen molar-refractivity contribution >= 4 is 60.1 Å². The fraction of sp³-hybridized carbons (Fsp3) is 0.179. The average Bonchev–Trinajstić information content (AvgIpc) is 3.55. The van der Waals surface area contributed by atoms with E-state index < -0.39 is 17.7 Å². The van der Waals surface area contributed by atoms with Gasteiger partial charge in [-0.05, 0) is 66.6 Å². The second-order valence-electron chi connectivity index (χ2n) is 9.01. The number of ether oxygens (including phenoxy) is 2. The van der Waals surface area contributed by atoms with Gasteiger partial charge in [-0.15, -0.1) is 0 Å². The van der Waals surface area contributed by atoms with Crippen LogP contribution in [0.3, 0.4) is 0 Å². The van der Waals surface area contributed by atoms with Crippen LogP contribution in [0.1, 0.15) is 29.7 Å². The number of thiazole rings is 1. The van der Waals surface area contributed by atoms with E-state index in [0.29, 0.717) is 33.9 Å². The predicted molar refractivity (Wildman–Crippen MR) is 145 cm³/mol. The van der Waals surface area contributed by atoms with Crippen LogP contribution < -0.4 is 14.4 Å². The minimum Gasteiger partial charge on any atom is -0.507 e. The summed E-state index contributed by atoms with van der Waals surface area (Å²) in [7, 11) is 1.58. The van der Waals surface area contributed by atoms with Crippen molar-refractivity contribution in [1.29, 1.82) is 0 Å². The topological polar surface area (TPSA) is 89.0 Å². The molecule has 6 rings (SSSR count). The monoisotopic (exact) mass is 576 g/mol. The minimum absolute atomic E-state index is 0.0202. The molecule has 4 aromatic rings. The van der Waals surface area contributed by atoms with E-state index >= 15 is 0 Å². The molecule has 0 radical (unpaired) electrons. The lowest BCUT2D eigenvalue weighted by molar-refractivity contribution is -0.132.